The summed E-state index contributed by atoms with van der Waals surface area (Å²) in [4.78, 5) is 0. The highest BCUT2D eigenvalue weighted by Crippen LogP contribution is 2.22. The van der Waals surface area contributed by atoms with Gasteiger partial charge in [0.25, 0.3) is 6.71 Å². The van der Waals surface area contributed by atoms with Crippen LogP contribution in [0.5, 0.6) is 11.5 Å². The molecule has 23 heavy (non-hydrogen) atoms. The number of fused-ring (bicyclic) bond motifs is 2. The average molecular weight is 300 g/mol. The van der Waals surface area contributed by atoms with Crippen molar-refractivity contribution in [2.75, 3.05) is 0 Å². The highest BCUT2D eigenvalue weighted by molar-refractivity contribution is 6.97. The van der Waals surface area contributed by atoms with E-state index in [9.17, 15) is 10.0 Å². The second-order valence-electron chi connectivity index (χ2n) is 5.62. The molecule has 3 nitrogen and oxygen atoms in total. The fraction of sp³-hybridized carbons (Fsp3) is 0. The van der Waals surface area contributed by atoms with E-state index in [4.69, 9.17) is 4.74 Å². The van der Waals surface area contributed by atoms with Crippen LogP contribution in [0.2, 0.25) is 0 Å². The van der Waals surface area contributed by atoms with Crippen molar-refractivity contribution in [3.63, 3.8) is 0 Å². The van der Waals surface area contributed by atoms with Crippen molar-refractivity contribution in [3.05, 3.63) is 72.8 Å². The lowest BCUT2D eigenvalue weighted by Crippen LogP contribution is -2.56. The highest BCUT2D eigenvalue weighted by Gasteiger charge is 2.34. The molecular weight excluding hydrogens is 286 g/mol. The number of rotatable bonds is 2. The van der Waals surface area contributed by atoms with Crippen LogP contribution in [0.4, 0.5) is 0 Å². The SMILES string of the molecule is OB(O)c1cccc2c1Oc1ccccc1B2c1ccccc1. The number of para-hydroxylation sites is 2. The van der Waals surface area contributed by atoms with Crippen molar-refractivity contribution in [2.24, 2.45) is 0 Å². The molecule has 0 unspecified atom stereocenters. The first-order valence-electron chi connectivity index (χ1n) is 7.56. The van der Waals surface area contributed by atoms with E-state index in [2.05, 4.69) is 18.2 Å². The normalized spacial score (nSPS) is 12.2. The molecule has 0 saturated carbocycles. The van der Waals surface area contributed by atoms with Crippen molar-refractivity contribution in [1.29, 1.82) is 0 Å². The Labute approximate surface area is 135 Å². The Morgan fingerprint density at radius 1 is 0.739 bits per heavy atom. The molecule has 1 aliphatic heterocycles. The summed E-state index contributed by atoms with van der Waals surface area (Å²) < 4.78 is 6.00. The van der Waals surface area contributed by atoms with Gasteiger partial charge in [-0.1, -0.05) is 72.2 Å². The van der Waals surface area contributed by atoms with E-state index >= 15 is 0 Å². The Hall–Kier alpha value is -2.49. The van der Waals surface area contributed by atoms with Gasteiger partial charge in [0.2, 0.25) is 0 Å². The van der Waals surface area contributed by atoms with Crippen LogP contribution in [-0.4, -0.2) is 23.9 Å². The summed E-state index contributed by atoms with van der Waals surface area (Å²) in [7, 11) is -1.56. The lowest BCUT2D eigenvalue weighted by atomic mass is 9.35. The van der Waals surface area contributed by atoms with Crippen LogP contribution < -0.4 is 26.6 Å². The Kier molecular flexibility index (Phi) is 3.45. The van der Waals surface area contributed by atoms with Crippen LogP contribution in [0.3, 0.4) is 0 Å². The van der Waals surface area contributed by atoms with E-state index in [0.29, 0.717) is 11.2 Å². The number of benzene rings is 3. The fourth-order valence-corrected chi connectivity index (χ4v) is 3.22. The molecule has 0 saturated heterocycles. The summed E-state index contributed by atoms with van der Waals surface area (Å²) in [6.07, 6.45) is 0. The number of ether oxygens (including phenoxy) is 1. The predicted molar refractivity (Wildman–Crippen MR) is 93.9 cm³/mol. The minimum absolute atomic E-state index is 0.00912. The van der Waals surface area contributed by atoms with Crippen LogP contribution in [0.15, 0.2) is 72.8 Å². The van der Waals surface area contributed by atoms with Gasteiger partial charge in [-0.2, -0.15) is 0 Å². The van der Waals surface area contributed by atoms with Crippen LogP contribution in [0.25, 0.3) is 0 Å². The van der Waals surface area contributed by atoms with Crippen LogP contribution >= 0.6 is 0 Å². The summed E-state index contributed by atoms with van der Waals surface area (Å²) in [5, 5.41) is 19.3. The van der Waals surface area contributed by atoms with E-state index < -0.39 is 7.12 Å². The molecule has 1 aliphatic rings. The highest BCUT2D eigenvalue weighted by atomic mass is 16.5. The van der Waals surface area contributed by atoms with E-state index in [1.54, 1.807) is 6.07 Å². The van der Waals surface area contributed by atoms with Crippen molar-refractivity contribution < 1.29 is 14.8 Å². The van der Waals surface area contributed by atoms with E-state index in [-0.39, 0.29) is 6.71 Å². The van der Waals surface area contributed by atoms with E-state index in [1.165, 1.54) is 0 Å². The van der Waals surface area contributed by atoms with Gasteiger partial charge < -0.3 is 14.8 Å². The largest absolute Gasteiger partial charge is 0.492 e. The Bertz CT molecular complexity index is 850. The van der Waals surface area contributed by atoms with Gasteiger partial charge in [-0.05, 0) is 17.0 Å². The zero-order valence-electron chi connectivity index (χ0n) is 12.4. The van der Waals surface area contributed by atoms with Gasteiger partial charge in [0.05, 0.1) is 0 Å². The first kappa shape index (κ1) is 14.1. The van der Waals surface area contributed by atoms with E-state index in [1.807, 2.05) is 48.5 Å². The van der Waals surface area contributed by atoms with Crippen LogP contribution in [-0.2, 0) is 0 Å². The zero-order valence-corrected chi connectivity index (χ0v) is 12.4. The summed E-state index contributed by atoms with van der Waals surface area (Å²) in [6.45, 7) is 0.00912. The second-order valence-corrected chi connectivity index (χ2v) is 5.62. The number of hydrogen-bond acceptors (Lipinski definition) is 3. The molecule has 0 aliphatic carbocycles. The van der Waals surface area contributed by atoms with Gasteiger partial charge in [0.15, 0.2) is 0 Å². The lowest BCUT2D eigenvalue weighted by Gasteiger charge is -2.28. The number of hydrogen-bond donors (Lipinski definition) is 2. The molecule has 0 spiro atoms. The predicted octanol–water partition coefficient (Wildman–Crippen LogP) is -0.0117. The van der Waals surface area contributed by atoms with Crippen LogP contribution in [0, 0.1) is 0 Å². The van der Waals surface area contributed by atoms with Gasteiger partial charge in [-0.25, -0.2) is 0 Å². The molecule has 0 radical (unpaired) electrons. The van der Waals surface area contributed by atoms with Crippen molar-refractivity contribution >= 4 is 35.7 Å². The third kappa shape index (κ3) is 2.34. The van der Waals surface area contributed by atoms with Gasteiger partial charge in [0, 0.05) is 5.46 Å². The maximum Gasteiger partial charge on any atom is 0.492 e. The molecule has 1 heterocycles. The molecule has 0 bridgehead atoms. The van der Waals surface area contributed by atoms with Gasteiger partial charge in [0.1, 0.15) is 11.5 Å². The van der Waals surface area contributed by atoms with Crippen molar-refractivity contribution in [1.82, 2.24) is 0 Å². The molecule has 0 amide bonds. The first-order chi connectivity index (χ1) is 11.3. The molecular formula is C18H14B2O3. The third-order valence-electron chi connectivity index (χ3n) is 4.24. The van der Waals surface area contributed by atoms with Crippen molar-refractivity contribution in [2.45, 2.75) is 0 Å². The van der Waals surface area contributed by atoms with Gasteiger partial charge in [-0.3, -0.25) is 0 Å². The fourth-order valence-electron chi connectivity index (χ4n) is 3.22. The third-order valence-corrected chi connectivity index (χ3v) is 4.24. The molecule has 0 atom stereocenters. The topological polar surface area (TPSA) is 49.7 Å². The van der Waals surface area contributed by atoms with Crippen molar-refractivity contribution in [3.8, 4) is 11.5 Å². The Morgan fingerprint density at radius 2 is 1.43 bits per heavy atom. The maximum absolute atomic E-state index is 9.66. The maximum atomic E-state index is 9.66. The molecule has 4 rings (SSSR count). The first-order valence-corrected chi connectivity index (χ1v) is 7.56. The quantitative estimate of drug-likeness (QED) is 0.512. The Balaban J connectivity index is 1.98. The average Bonchev–Trinajstić information content (AvgIpc) is 2.59. The Morgan fingerprint density at radius 3 is 2.22 bits per heavy atom. The standard InChI is InChI=1S/C18H14B2O3/c21-20(22)16-11-6-10-15-18(16)23-17-12-5-4-9-14(17)19(15)13-7-2-1-3-8-13/h1-12,21-22H. The van der Waals surface area contributed by atoms with Gasteiger partial charge >= 0.3 is 7.12 Å². The van der Waals surface area contributed by atoms with Crippen LogP contribution in [0.1, 0.15) is 0 Å². The van der Waals surface area contributed by atoms with Gasteiger partial charge in [-0.15, -0.1) is 0 Å². The summed E-state index contributed by atoms with van der Waals surface area (Å²) in [6, 6.07) is 23.6. The minimum atomic E-state index is -1.56. The minimum Gasteiger partial charge on any atom is -0.459 e. The monoisotopic (exact) mass is 300 g/mol. The zero-order chi connectivity index (χ0) is 15.8. The summed E-state index contributed by atoms with van der Waals surface area (Å²) >= 11 is 0. The molecule has 110 valence electrons. The molecule has 0 aromatic heterocycles. The molecule has 3 aromatic carbocycles. The molecule has 2 N–H and O–H groups in total. The smallest absolute Gasteiger partial charge is 0.459 e. The second kappa shape index (κ2) is 5.61. The molecule has 0 fully saturated rings. The lowest BCUT2D eigenvalue weighted by molar-refractivity contribution is 0.421. The molecule has 5 heteroatoms. The molecule has 3 aromatic rings. The van der Waals surface area contributed by atoms with E-state index in [0.717, 1.165) is 22.1 Å². The summed E-state index contributed by atoms with van der Waals surface area (Å²) in [5.41, 5.74) is 3.56. The summed E-state index contributed by atoms with van der Waals surface area (Å²) in [5.74, 6) is 1.29.